The van der Waals surface area contributed by atoms with Gasteiger partial charge in [-0.05, 0) is 23.8 Å². The highest BCUT2D eigenvalue weighted by Gasteiger charge is 2.20. The van der Waals surface area contributed by atoms with E-state index in [0.717, 1.165) is 6.54 Å². The number of nitrogens with zero attached hydrogens (tertiary/aromatic N) is 2. The number of carbonyl (C=O) groups excluding carboxylic acids is 1. The van der Waals surface area contributed by atoms with Gasteiger partial charge in [0.05, 0.1) is 7.05 Å². The van der Waals surface area contributed by atoms with Crippen LogP contribution < -0.4 is 10.6 Å². The fourth-order valence-corrected chi connectivity index (χ4v) is 2.94. The molecular weight excluding hydrogens is 320 g/mol. The normalized spacial score (nSPS) is 15.5. The molecule has 1 fully saturated rings. The summed E-state index contributed by atoms with van der Waals surface area (Å²) < 4.78 is 1.30. The number of hydrogen-bond donors (Lipinski definition) is 2. The van der Waals surface area contributed by atoms with Gasteiger partial charge in [0.1, 0.15) is 0 Å². The van der Waals surface area contributed by atoms with E-state index in [4.69, 9.17) is 0 Å². The average Bonchev–Trinajstić information content (AvgIpc) is 2.71. The molecule has 0 aliphatic heterocycles. The lowest BCUT2D eigenvalue weighted by Gasteiger charge is -2.16. The molecule has 0 aromatic carbocycles. The smallest absolute Gasteiger partial charge is 0.323 e. The molecule has 0 unspecified atom stereocenters. The van der Waals surface area contributed by atoms with Crippen molar-refractivity contribution in [2.24, 2.45) is 7.05 Å². The minimum absolute atomic E-state index is 0. The predicted molar refractivity (Wildman–Crippen MR) is 91.1 cm³/mol. The summed E-state index contributed by atoms with van der Waals surface area (Å²) in [5.74, 6) is -0.361. The number of amides is 1. The molecule has 0 radical (unpaired) electrons. The summed E-state index contributed by atoms with van der Waals surface area (Å²) in [4.78, 5) is 22.3. The van der Waals surface area contributed by atoms with Crippen LogP contribution in [-0.4, -0.2) is 34.5 Å². The van der Waals surface area contributed by atoms with Gasteiger partial charge in [0.15, 0.2) is 5.69 Å². The van der Waals surface area contributed by atoms with Crippen molar-refractivity contribution in [1.82, 2.24) is 15.2 Å². The summed E-state index contributed by atoms with van der Waals surface area (Å²) >= 11 is 0. The molecule has 2 rings (SSSR count). The SMILES string of the molecule is Cl.Cn1c(C(=O)NCCNC2CCCCCC2)ccc1[N+](=O)[O-]. The Hall–Kier alpha value is -1.60. The summed E-state index contributed by atoms with van der Waals surface area (Å²) in [6.07, 6.45) is 7.60. The molecule has 0 atom stereocenters. The van der Waals surface area contributed by atoms with Crippen LogP contribution in [0.2, 0.25) is 0 Å². The third-order valence-corrected chi connectivity index (χ3v) is 4.21. The van der Waals surface area contributed by atoms with E-state index < -0.39 is 4.92 Å². The highest BCUT2D eigenvalue weighted by Crippen LogP contribution is 2.17. The van der Waals surface area contributed by atoms with Crippen molar-refractivity contribution in [3.63, 3.8) is 0 Å². The highest BCUT2D eigenvalue weighted by atomic mass is 35.5. The number of nitrogens with one attached hydrogen (secondary N) is 2. The minimum atomic E-state index is -0.496. The molecule has 1 amide bonds. The van der Waals surface area contributed by atoms with Crippen LogP contribution in [0, 0.1) is 10.1 Å². The molecule has 1 aromatic heterocycles. The molecule has 1 saturated carbocycles. The van der Waals surface area contributed by atoms with Crippen LogP contribution in [0.15, 0.2) is 12.1 Å². The van der Waals surface area contributed by atoms with Crippen LogP contribution in [-0.2, 0) is 7.05 Å². The quantitative estimate of drug-likeness (QED) is 0.359. The Bertz CT molecular complexity index is 525. The fraction of sp³-hybridized carbons (Fsp3) is 0.667. The molecule has 23 heavy (non-hydrogen) atoms. The van der Waals surface area contributed by atoms with Gasteiger partial charge in [-0.15, -0.1) is 12.4 Å². The second-order valence-corrected chi connectivity index (χ2v) is 5.79. The summed E-state index contributed by atoms with van der Waals surface area (Å²) in [6, 6.07) is 3.38. The van der Waals surface area contributed by atoms with Crippen molar-refractivity contribution in [2.75, 3.05) is 13.1 Å². The molecule has 7 nitrogen and oxygen atoms in total. The maximum atomic E-state index is 12.0. The Kier molecular flexibility index (Phi) is 8.05. The Morgan fingerprint density at radius 3 is 2.48 bits per heavy atom. The van der Waals surface area contributed by atoms with Gasteiger partial charge >= 0.3 is 5.82 Å². The minimum Gasteiger partial charge on any atom is -0.358 e. The molecule has 0 saturated heterocycles. The summed E-state index contributed by atoms with van der Waals surface area (Å²) in [5, 5.41) is 17.0. The predicted octanol–water partition coefficient (Wildman–Crippen LogP) is 2.40. The zero-order chi connectivity index (χ0) is 15.9. The zero-order valence-corrected chi connectivity index (χ0v) is 14.2. The van der Waals surface area contributed by atoms with Crippen LogP contribution in [0.5, 0.6) is 0 Å². The number of rotatable bonds is 6. The van der Waals surface area contributed by atoms with Crippen molar-refractivity contribution < 1.29 is 9.72 Å². The van der Waals surface area contributed by atoms with E-state index in [1.54, 1.807) is 0 Å². The second-order valence-electron chi connectivity index (χ2n) is 5.79. The number of aromatic nitrogens is 1. The van der Waals surface area contributed by atoms with Gasteiger partial charge in [-0.2, -0.15) is 0 Å². The third-order valence-electron chi connectivity index (χ3n) is 4.21. The summed E-state index contributed by atoms with van der Waals surface area (Å²) in [5.41, 5.74) is 0.307. The van der Waals surface area contributed by atoms with E-state index in [2.05, 4.69) is 10.6 Å². The maximum absolute atomic E-state index is 12.0. The van der Waals surface area contributed by atoms with E-state index in [0.29, 0.717) is 18.3 Å². The Morgan fingerprint density at radius 1 is 1.26 bits per heavy atom. The first-order chi connectivity index (χ1) is 10.6. The number of halogens is 1. The molecule has 1 aliphatic carbocycles. The molecule has 130 valence electrons. The number of hydrogen-bond acceptors (Lipinski definition) is 4. The van der Waals surface area contributed by atoms with Crippen LogP contribution in [0.3, 0.4) is 0 Å². The lowest BCUT2D eigenvalue weighted by molar-refractivity contribution is -0.391. The van der Waals surface area contributed by atoms with Crippen LogP contribution in [0.25, 0.3) is 0 Å². The molecule has 0 bridgehead atoms. The van der Waals surface area contributed by atoms with Crippen molar-refractivity contribution in [1.29, 1.82) is 0 Å². The molecule has 0 spiro atoms. The van der Waals surface area contributed by atoms with Gasteiger partial charge in [0.2, 0.25) is 0 Å². The summed E-state index contributed by atoms with van der Waals surface area (Å²) in [7, 11) is 1.52. The molecule has 8 heteroatoms. The molecule has 2 N–H and O–H groups in total. The third kappa shape index (κ3) is 5.51. The molecule has 1 heterocycles. The monoisotopic (exact) mass is 344 g/mol. The van der Waals surface area contributed by atoms with Crippen molar-refractivity contribution in [3.05, 3.63) is 27.9 Å². The lowest BCUT2D eigenvalue weighted by atomic mass is 10.1. The van der Waals surface area contributed by atoms with Crippen molar-refractivity contribution >= 4 is 24.1 Å². The van der Waals surface area contributed by atoms with Gasteiger partial charge in [-0.1, -0.05) is 25.7 Å². The van der Waals surface area contributed by atoms with Crippen LogP contribution in [0.1, 0.15) is 49.0 Å². The highest BCUT2D eigenvalue weighted by molar-refractivity contribution is 5.93. The number of carbonyl (C=O) groups is 1. The van der Waals surface area contributed by atoms with Crippen LogP contribution in [0.4, 0.5) is 5.82 Å². The van der Waals surface area contributed by atoms with Crippen molar-refractivity contribution in [3.8, 4) is 0 Å². The average molecular weight is 345 g/mol. The number of nitro groups is 1. The van der Waals surface area contributed by atoms with Crippen molar-refractivity contribution in [2.45, 2.75) is 44.6 Å². The Morgan fingerprint density at radius 2 is 1.91 bits per heavy atom. The van der Waals surface area contributed by atoms with Gasteiger partial charge in [0.25, 0.3) is 5.91 Å². The molecular formula is C15H25ClN4O3. The standard InChI is InChI=1S/C15H24N4O3.ClH/c1-18-13(8-9-14(18)19(21)22)15(20)17-11-10-16-12-6-4-2-3-5-7-12;/h8-9,12,16H,2-7,10-11H2,1H3,(H,17,20);1H. The van der Waals surface area contributed by atoms with Crippen LogP contribution >= 0.6 is 12.4 Å². The van der Waals surface area contributed by atoms with E-state index in [-0.39, 0.29) is 24.1 Å². The van der Waals surface area contributed by atoms with Gasteiger partial charge in [-0.25, -0.2) is 4.57 Å². The first-order valence-corrected chi connectivity index (χ1v) is 7.91. The Balaban J connectivity index is 0.00000264. The van der Waals surface area contributed by atoms with E-state index >= 15 is 0 Å². The van der Waals surface area contributed by atoms with E-state index in [1.807, 2.05) is 0 Å². The summed E-state index contributed by atoms with van der Waals surface area (Å²) in [6.45, 7) is 1.25. The van der Waals surface area contributed by atoms with Gasteiger partial charge < -0.3 is 20.7 Å². The Labute approximate surface area is 142 Å². The topological polar surface area (TPSA) is 89.2 Å². The van der Waals surface area contributed by atoms with Gasteiger partial charge in [-0.3, -0.25) is 4.79 Å². The largest absolute Gasteiger partial charge is 0.358 e. The van der Waals surface area contributed by atoms with E-state index in [1.165, 1.54) is 62.3 Å². The fourth-order valence-electron chi connectivity index (χ4n) is 2.94. The first-order valence-electron chi connectivity index (χ1n) is 7.91. The zero-order valence-electron chi connectivity index (χ0n) is 13.4. The lowest BCUT2D eigenvalue weighted by Crippen LogP contribution is -2.37. The van der Waals surface area contributed by atoms with E-state index in [9.17, 15) is 14.9 Å². The second kappa shape index (κ2) is 9.52. The molecule has 1 aromatic rings. The first kappa shape index (κ1) is 19.4. The van der Waals surface area contributed by atoms with Gasteiger partial charge in [0, 0.05) is 25.2 Å². The maximum Gasteiger partial charge on any atom is 0.323 e. The molecule has 1 aliphatic rings.